The van der Waals surface area contributed by atoms with Crippen LogP contribution in [0.15, 0.2) is 48.5 Å². The number of ether oxygens (including phenoxy) is 1. The van der Waals surface area contributed by atoms with Gasteiger partial charge in [0.25, 0.3) is 11.8 Å². The zero-order chi connectivity index (χ0) is 20.7. The minimum Gasteiger partial charge on any atom is -0.484 e. The Morgan fingerprint density at radius 2 is 1.43 bits per heavy atom. The van der Waals surface area contributed by atoms with Gasteiger partial charge in [0.05, 0.1) is 0 Å². The minimum atomic E-state index is -0.266. The van der Waals surface area contributed by atoms with Gasteiger partial charge in [-0.1, -0.05) is 13.8 Å². The molecule has 3 amide bonds. The van der Waals surface area contributed by atoms with Gasteiger partial charge in [0.2, 0.25) is 5.91 Å². The summed E-state index contributed by atoms with van der Waals surface area (Å²) < 4.78 is 5.40. The third-order valence-electron chi connectivity index (χ3n) is 3.91. The summed E-state index contributed by atoms with van der Waals surface area (Å²) in [4.78, 5) is 37.0. The van der Waals surface area contributed by atoms with Gasteiger partial charge in [-0.25, -0.2) is 0 Å². The lowest BCUT2D eigenvalue weighted by Crippen LogP contribution is -2.27. The largest absolute Gasteiger partial charge is 0.484 e. The number of carbonyl (C=O) groups excluding carboxylic acids is 3. The van der Waals surface area contributed by atoms with Crippen LogP contribution < -0.4 is 15.4 Å². The summed E-state index contributed by atoms with van der Waals surface area (Å²) >= 11 is 0. The van der Waals surface area contributed by atoms with Crippen molar-refractivity contribution in [2.45, 2.75) is 13.8 Å². The van der Waals surface area contributed by atoms with E-state index in [9.17, 15) is 14.4 Å². The van der Waals surface area contributed by atoms with Crippen molar-refractivity contribution < 1.29 is 19.1 Å². The molecule has 0 aliphatic heterocycles. The third kappa shape index (κ3) is 6.12. The average Bonchev–Trinajstić information content (AvgIpc) is 2.67. The molecular formula is C21H25N3O4. The molecule has 0 unspecified atom stereocenters. The van der Waals surface area contributed by atoms with Crippen LogP contribution in [0.3, 0.4) is 0 Å². The summed E-state index contributed by atoms with van der Waals surface area (Å²) in [5, 5.41) is 5.57. The topological polar surface area (TPSA) is 87.7 Å². The van der Waals surface area contributed by atoms with Crippen LogP contribution in [0.25, 0.3) is 0 Å². The Balaban J connectivity index is 1.91. The molecule has 0 fully saturated rings. The van der Waals surface area contributed by atoms with E-state index in [1.165, 1.54) is 4.90 Å². The first-order chi connectivity index (χ1) is 13.3. The van der Waals surface area contributed by atoms with E-state index >= 15 is 0 Å². The van der Waals surface area contributed by atoms with Gasteiger partial charge < -0.3 is 20.3 Å². The summed E-state index contributed by atoms with van der Waals surface area (Å²) in [7, 11) is 3.32. The second-order valence-corrected chi connectivity index (χ2v) is 6.78. The molecular weight excluding hydrogens is 358 g/mol. The molecule has 0 aliphatic carbocycles. The molecule has 28 heavy (non-hydrogen) atoms. The Labute approximate surface area is 164 Å². The van der Waals surface area contributed by atoms with Gasteiger partial charge in [-0.15, -0.1) is 0 Å². The first kappa shape index (κ1) is 21.0. The first-order valence-corrected chi connectivity index (χ1v) is 8.91. The molecule has 2 N–H and O–H groups in total. The van der Waals surface area contributed by atoms with Crippen LogP contribution in [0, 0.1) is 5.92 Å². The Kier molecular flexibility index (Phi) is 7.14. The molecule has 2 aromatic rings. The fourth-order valence-corrected chi connectivity index (χ4v) is 2.10. The fourth-order valence-electron chi connectivity index (χ4n) is 2.10. The Bertz CT molecular complexity index is 828. The molecule has 2 aromatic carbocycles. The maximum absolute atomic E-state index is 12.4. The number of carbonyl (C=O) groups is 3. The Morgan fingerprint density at radius 1 is 0.893 bits per heavy atom. The quantitative estimate of drug-likeness (QED) is 0.769. The molecule has 0 atom stereocenters. The fraction of sp³-hybridized carbons (Fsp3) is 0.286. The molecule has 148 valence electrons. The Morgan fingerprint density at radius 3 is 1.96 bits per heavy atom. The lowest BCUT2D eigenvalue weighted by Gasteiger charge is -2.12. The van der Waals surface area contributed by atoms with Crippen molar-refractivity contribution in [3.63, 3.8) is 0 Å². The predicted molar refractivity (Wildman–Crippen MR) is 108 cm³/mol. The van der Waals surface area contributed by atoms with Crippen LogP contribution in [-0.2, 0) is 9.59 Å². The number of anilines is 2. The van der Waals surface area contributed by atoms with Crippen LogP contribution in [-0.4, -0.2) is 43.3 Å². The van der Waals surface area contributed by atoms with Crippen molar-refractivity contribution in [1.29, 1.82) is 0 Å². The second kappa shape index (κ2) is 9.55. The number of nitrogens with zero attached hydrogens (tertiary/aromatic N) is 1. The monoisotopic (exact) mass is 383 g/mol. The first-order valence-electron chi connectivity index (χ1n) is 8.91. The van der Waals surface area contributed by atoms with Crippen LogP contribution in [0.5, 0.6) is 5.75 Å². The van der Waals surface area contributed by atoms with Crippen molar-refractivity contribution in [3.8, 4) is 5.75 Å². The van der Waals surface area contributed by atoms with Crippen LogP contribution in [0.1, 0.15) is 24.2 Å². The van der Waals surface area contributed by atoms with Gasteiger partial charge in [-0.2, -0.15) is 0 Å². The zero-order valence-corrected chi connectivity index (χ0v) is 16.5. The van der Waals surface area contributed by atoms with Gasteiger partial charge in [0.1, 0.15) is 5.75 Å². The molecule has 0 radical (unpaired) electrons. The normalized spacial score (nSPS) is 10.3. The van der Waals surface area contributed by atoms with E-state index in [1.54, 1.807) is 62.6 Å². The third-order valence-corrected chi connectivity index (χ3v) is 3.91. The van der Waals surface area contributed by atoms with Crippen molar-refractivity contribution >= 4 is 29.1 Å². The summed E-state index contributed by atoms with van der Waals surface area (Å²) in [5.41, 5.74) is 1.72. The lowest BCUT2D eigenvalue weighted by molar-refractivity contribution is -0.130. The molecule has 2 rings (SSSR count). The zero-order valence-electron chi connectivity index (χ0n) is 16.5. The highest BCUT2D eigenvalue weighted by Crippen LogP contribution is 2.17. The molecule has 0 saturated heterocycles. The van der Waals surface area contributed by atoms with Crippen LogP contribution in [0.4, 0.5) is 11.4 Å². The molecule has 7 heteroatoms. The van der Waals surface area contributed by atoms with E-state index in [2.05, 4.69) is 10.6 Å². The summed E-state index contributed by atoms with van der Waals surface area (Å²) in [6.07, 6.45) is 0. The highest BCUT2D eigenvalue weighted by atomic mass is 16.5. The van der Waals surface area contributed by atoms with E-state index in [0.29, 0.717) is 22.7 Å². The van der Waals surface area contributed by atoms with E-state index in [4.69, 9.17) is 4.74 Å². The van der Waals surface area contributed by atoms with Crippen molar-refractivity contribution in [2.24, 2.45) is 5.92 Å². The van der Waals surface area contributed by atoms with Gasteiger partial charge in [-0.3, -0.25) is 14.4 Å². The van der Waals surface area contributed by atoms with E-state index in [-0.39, 0.29) is 30.2 Å². The maximum atomic E-state index is 12.4. The Hall–Kier alpha value is -3.35. The van der Waals surface area contributed by atoms with Crippen molar-refractivity contribution in [2.75, 3.05) is 31.3 Å². The molecule has 0 spiro atoms. The molecule has 0 aromatic heterocycles. The van der Waals surface area contributed by atoms with Crippen molar-refractivity contribution in [3.05, 3.63) is 54.1 Å². The predicted octanol–water partition coefficient (Wildman–Crippen LogP) is 3.00. The van der Waals surface area contributed by atoms with Gasteiger partial charge in [0, 0.05) is 37.0 Å². The lowest BCUT2D eigenvalue weighted by atomic mass is 10.1. The molecule has 0 heterocycles. The maximum Gasteiger partial charge on any atom is 0.259 e. The molecule has 0 aliphatic rings. The number of nitrogens with one attached hydrogen (secondary N) is 2. The minimum absolute atomic E-state index is 0.0433. The highest BCUT2D eigenvalue weighted by molar-refractivity contribution is 6.04. The summed E-state index contributed by atoms with van der Waals surface area (Å²) in [6, 6.07) is 13.4. The molecule has 7 nitrogen and oxygen atoms in total. The summed E-state index contributed by atoms with van der Waals surface area (Å²) in [6.45, 7) is 3.58. The van der Waals surface area contributed by atoms with E-state index in [1.807, 2.05) is 13.8 Å². The number of likely N-dealkylation sites (N-methyl/N-ethyl adjacent to an activating group) is 1. The summed E-state index contributed by atoms with van der Waals surface area (Å²) in [5.74, 6) is -0.0511. The molecule has 0 bridgehead atoms. The standard InChI is InChI=1S/C21H25N3O4/c1-14(2)20(26)22-16-7-5-15(6-8-16)21(27)23-17-9-11-18(12-10-17)28-13-19(25)24(3)4/h5-12,14H,13H2,1-4H3,(H,22,26)(H,23,27). The van der Waals surface area contributed by atoms with Crippen LogP contribution in [0.2, 0.25) is 0 Å². The number of rotatable bonds is 7. The highest BCUT2D eigenvalue weighted by Gasteiger charge is 2.10. The van der Waals surface area contributed by atoms with Gasteiger partial charge in [-0.05, 0) is 48.5 Å². The smallest absolute Gasteiger partial charge is 0.259 e. The molecule has 0 saturated carbocycles. The number of hydrogen-bond acceptors (Lipinski definition) is 4. The van der Waals surface area contributed by atoms with Gasteiger partial charge in [0.15, 0.2) is 6.61 Å². The average molecular weight is 383 g/mol. The number of amides is 3. The SMILES string of the molecule is CC(C)C(=O)Nc1ccc(C(=O)Nc2ccc(OCC(=O)N(C)C)cc2)cc1. The van der Waals surface area contributed by atoms with Crippen molar-refractivity contribution in [1.82, 2.24) is 4.90 Å². The van der Waals surface area contributed by atoms with E-state index < -0.39 is 0 Å². The van der Waals surface area contributed by atoms with Crippen LogP contribution >= 0.6 is 0 Å². The number of hydrogen-bond donors (Lipinski definition) is 2. The second-order valence-electron chi connectivity index (χ2n) is 6.78. The van der Waals surface area contributed by atoms with E-state index in [0.717, 1.165) is 0 Å². The van der Waals surface area contributed by atoms with Gasteiger partial charge >= 0.3 is 0 Å². The number of benzene rings is 2.